The van der Waals surface area contributed by atoms with Crippen molar-refractivity contribution in [1.82, 2.24) is 20.1 Å². The highest BCUT2D eigenvalue weighted by Crippen LogP contribution is 2.24. The van der Waals surface area contributed by atoms with E-state index in [0.717, 1.165) is 0 Å². The number of anilines is 1. The second-order valence-electron chi connectivity index (χ2n) is 6.87. The van der Waals surface area contributed by atoms with Gasteiger partial charge in [-0.15, -0.1) is 10.2 Å². The molecule has 7 nitrogen and oxygen atoms in total. The first-order valence-corrected chi connectivity index (χ1v) is 11.9. The quantitative estimate of drug-likeness (QED) is 0.369. The fourth-order valence-electron chi connectivity index (χ4n) is 2.91. The monoisotopic (exact) mass is 529 g/mol. The average molecular weight is 531 g/mol. The Balaban J connectivity index is 1.63. The molecule has 3 aromatic rings. The van der Waals surface area contributed by atoms with Crippen LogP contribution < -0.4 is 10.6 Å². The lowest BCUT2D eigenvalue weighted by molar-refractivity contribution is -0.113. The molecule has 3 rings (SSSR count). The van der Waals surface area contributed by atoms with E-state index < -0.39 is 11.9 Å². The molecule has 12 heteroatoms. The maximum atomic E-state index is 13.3. The topological polar surface area (TPSA) is 88.9 Å². The number of hydrogen-bond donors (Lipinski definition) is 2. The number of carbonyl (C=O) groups is 2. The maximum Gasteiger partial charge on any atom is 0.251 e. The van der Waals surface area contributed by atoms with Crippen molar-refractivity contribution in [3.8, 4) is 0 Å². The molecule has 2 aromatic carbocycles. The maximum absolute atomic E-state index is 13.3. The molecule has 174 valence electrons. The van der Waals surface area contributed by atoms with Crippen LogP contribution in [0, 0.1) is 5.82 Å². The van der Waals surface area contributed by atoms with Crippen molar-refractivity contribution in [2.45, 2.75) is 31.6 Å². The number of rotatable bonds is 8. The molecule has 1 aromatic heterocycles. The number of nitrogens with zero attached hydrogens (tertiary/aromatic N) is 3. The number of nitrogens with one attached hydrogen (secondary N) is 2. The van der Waals surface area contributed by atoms with Gasteiger partial charge in [-0.25, -0.2) is 4.39 Å². The lowest BCUT2D eigenvalue weighted by Gasteiger charge is -2.15. The van der Waals surface area contributed by atoms with Gasteiger partial charge in [0, 0.05) is 17.8 Å². The number of amides is 2. The summed E-state index contributed by atoms with van der Waals surface area (Å²) < 4.78 is 15.1. The third-order valence-corrected chi connectivity index (χ3v) is 6.51. The minimum atomic E-state index is -0.562. The predicted octanol–water partition coefficient (Wildman–Crippen LogP) is 5.62. The molecule has 2 N–H and O–H groups in total. The summed E-state index contributed by atoms with van der Waals surface area (Å²) in [5.74, 6) is -0.613. The molecule has 1 atom stereocenters. The van der Waals surface area contributed by atoms with Crippen molar-refractivity contribution in [3.63, 3.8) is 0 Å². The Morgan fingerprint density at radius 2 is 1.85 bits per heavy atom. The molecule has 0 saturated carbocycles. The number of halogens is 4. The summed E-state index contributed by atoms with van der Waals surface area (Å²) in [6.45, 7) is 4.23. The first-order valence-electron chi connectivity index (χ1n) is 9.76. The van der Waals surface area contributed by atoms with E-state index in [0.29, 0.717) is 33.8 Å². The summed E-state index contributed by atoms with van der Waals surface area (Å²) in [6.07, 6.45) is 0. The first kappa shape index (κ1) is 25.3. The summed E-state index contributed by atoms with van der Waals surface area (Å²) >= 11 is 18.8. The van der Waals surface area contributed by atoms with E-state index in [1.54, 1.807) is 19.1 Å². The van der Waals surface area contributed by atoms with Gasteiger partial charge in [-0.3, -0.25) is 9.59 Å². The zero-order valence-corrected chi connectivity index (χ0v) is 20.6. The van der Waals surface area contributed by atoms with Crippen molar-refractivity contribution in [3.05, 3.63) is 68.7 Å². The van der Waals surface area contributed by atoms with Crippen molar-refractivity contribution in [2.24, 2.45) is 0 Å². The fourth-order valence-corrected chi connectivity index (χ4v) is 4.20. The van der Waals surface area contributed by atoms with Crippen molar-refractivity contribution < 1.29 is 14.0 Å². The minimum Gasteiger partial charge on any atom is -0.342 e. The number of benzene rings is 2. The van der Waals surface area contributed by atoms with Crippen molar-refractivity contribution in [1.29, 1.82) is 0 Å². The van der Waals surface area contributed by atoms with Crippen LogP contribution in [0.4, 0.5) is 10.1 Å². The molecule has 1 heterocycles. The lowest BCUT2D eigenvalue weighted by Crippen LogP contribution is -2.28. The second kappa shape index (κ2) is 11.2. The van der Waals surface area contributed by atoms with Crippen LogP contribution in [0.2, 0.25) is 15.1 Å². The summed E-state index contributed by atoms with van der Waals surface area (Å²) in [5, 5.41) is 14.9. The predicted molar refractivity (Wildman–Crippen MR) is 129 cm³/mol. The fraction of sp³-hybridized carbons (Fsp3) is 0.238. The highest BCUT2D eigenvalue weighted by atomic mass is 35.5. The third kappa shape index (κ3) is 6.38. The van der Waals surface area contributed by atoms with E-state index >= 15 is 0 Å². The molecule has 0 fully saturated rings. The van der Waals surface area contributed by atoms with Gasteiger partial charge in [-0.05, 0) is 50.2 Å². The molecule has 0 aliphatic carbocycles. The van der Waals surface area contributed by atoms with Gasteiger partial charge in [0.1, 0.15) is 5.82 Å². The summed E-state index contributed by atoms with van der Waals surface area (Å²) in [7, 11) is 0. The van der Waals surface area contributed by atoms with Gasteiger partial charge >= 0.3 is 0 Å². The van der Waals surface area contributed by atoms with Crippen LogP contribution in [0.15, 0.2) is 41.6 Å². The molecule has 2 amide bonds. The van der Waals surface area contributed by atoms with Gasteiger partial charge in [-0.2, -0.15) is 0 Å². The van der Waals surface area contributed by atoms with Gasteiger partial charge in [0.05, 0.1) is 26.9 Å². The Hall–Kier alpha value is -2.33. The molecule has 0 spiro atoms. The van der Waals surface area contributed by atoms with E-state index in [1.165, 1.54) is 36.0 Å². The Bertz CT molecular complexity index is 1190. The zero-order valence-electron chi connectivity index (χ0n) is 17.5. The van der Waals surface area contributed by atoms with Crippen LogP contribution in [0.25, 0.3) is 0 Å². The zero-order chi connectivity index (χ0) is 24.1. The van der Waals surface area contributed by atoms with Crippen LogP contribution in [0.1, 0.15) is 36.1 Å². The van der Waals surface area contributed by atoms with Gasteiger partial charge in [0.15, 0.2) is 11.0 Å². The molecule has 0 bridgehead atoms. The normalized spacial score (nSPS) is 11.8. The number of aromatic nitrogens is 3. The standard InChI is InChI=1S/C21H19Cl3FN5O2S/c1-3-30-19(11(2)26-20(32)12-4-6-14(22)15(23)8-12)28-29-21(30)33-10-18(31)27-13-5-7-17(25)16(24)9-13/h4-9,11H,3,10H2,1-2H3,(H,26,32)(H,27,31)/t11-/m1/s1. The molecule has 0 saturated heterocycles. The average Bonchev–Trinajstić information content (AvgIpc) is 3.19. The highest BCUT2D eigenvalue weighted by Gasteiger charge is 2.20. The van der Waals surface area contributed by atoms with Gasteiger partial charge in [0.25, 0.3) is 5.91 Å². The van der Waals surface area contributed by atoms with Crippen LogP contribution in [0.3, 0.4) is 0 Å². The van der Waals surface area contributed by atoms with Crippen LogP contribution in [-0.2, 0) is 11.3 Å². The Kier molecular flexibility index (Phi) is 8.58. The van der Waals surface area contributed by atoms with Gasteiger partial charge < -0.3 is 15.2 Å². The Labute approximate surface area is 209 Å². The molecule has 0 aliphatic rings. The second-order valence-corrected chi connectivity index (χ2v) is 9.04. The molecular weight excluding hydrogens is 512 g/mol. The van der Waals surface area contributed by atoms with E-state index in [1.807, 2.05) is 11.5 Å². The van der Waals surface area contributed by atoms with Crippen LogP contribution >= 0.6 is 46.6 Å². The molecular formula is C21H19Cl3FN5O2S. The molecule has 33 heavy (non-hydrogen) atoms. The van der Waals surface area contributed by atoms with Gasteiger partial charge in [-0.1, -0.05) is 46.6 Å². The lowest BCUT2D eigenvalue weighted by atomic mass is 10.2. The summed E-state index contributed by atoms with van der Waals surface area (Å²) in [6, 6.07) is 8.11. The van der Waals surface area contributed by atoms with Gasteiger partial charge in [0.2, 0.25) is 5.91 Å². The molecule has 0 radical (unpaired) electrons. The van der Waals surface area contributed by atoms with Crippen molar-refractivity contribution >= 4 is 64.1 Å². The van der Waals surface area contributed by atoms with Crippen LogP contribution in [0.5, 0.6) is 0 Å². The minimum absolute atomic E-state index is 0.0527. The van der Waals surface area contributed by atoms with E-state index in [-0.39, 0.29) is 27.6 Å². The number of carbonyl (C=O) groups excluding carboxylic acids is 2. The van der Waals surface area contributed by atoms with Crippen LogP contribution in [-0.4, -0.2) is 32.3 Å². The van der Waals surface area contributed by atoms with Crippen molar-refractivity contribution in [2.75, 3.05) is 11.1 Å². The third-order valence-electron chi connectivity index (χ3n) is 4.51. The van der Waals surface area contributed by atoms with E-state index in [4.69, 9.17) is 34.8 Å². The smallest absolute Gasteiger partial charge is 0.251 e. The van der Waals surface area contributed by atoms with E-state index in [9.17, 15) is 14.0 Å². The summed E-state index contributed by atoms with van der Waals surface area (Å²) in [5.41, 5.74) is 0.759. The SMILES string of the molecule is CCn1c(SCC(=O)Nc2ccc(F)c(Cl)c2)nnc1[C@@H](C)NC(=O)c1ccc(Cl)c(Cl)c1. The largest absolute Gasteiger partial charge is 0.342 e. The van der Waals surface area contributed by atoms with E-state index in [2.05, 4.69) is 20.8 Å². The highest BCUT2D eigenvalue weighted by molar-refractivity contribution is 7.99. The molecule has 0 aliphatic heterocycles. The first-order chi connectivity index (χ1) is 15.7. The summed E-state index contributed by atoms with van der Waals surface area (Å²) in [4.78, 5) is 24.8. The number of hydrogen-bond acceptors (Lipinski definition) is 5. The number of thioether (sulfide) groups is 1. The molecule has 0 unspecified atom stereocenters. The Morgan fingerprint density at radius 1 is 1.09 bits per heavy atom. The Morgan fingerprint density at radius 3 is 2.52 bits per heavy atom.